The zero-order valence-electron chi connectivity index (χ0n) is 14.2. The number of hydrogen-bond acceptors (Lipinski definition) is 4. The maximum Gasteiger partial charge on any atom is 0.326 e. The summed E-state index contributed by atoms with van der Waals surface area (Å²) >= 11 is 1.45. The Labute approximate surface area is 155 Å². The first-order valence-corrected chi connectivity index (χ1v) is 9.40. The predicted molar refractivity (Wildman–Crippen MR) is 98.0 cm³/mol. The number of carboxylic acids is 1. The van der Waals surface area contributed by atoms with E-state index < -0.39 is 12.0 Å². The van der Waals surface area contributed by atoms with Crippen LogP contribution in [0.4, 0.5) is 0 Å². The Kier molecular flexibility index (Phi) is 5.68. The third-order valence-electron chi connectivity index (χ3n) is 4.49. The van der Waals surface area contributed by atoms with E-state index in [0.717, 1.165) is 11.1 Å². The normalized spacial score (nSPS) is 16.0. The topological polar surface area (TPSA) is 86.7 Å². The Hall–Kier alpha value is -2.67. The number of nitrogens with one attached hydrogen (secondary N) is 1. The molecule has 1 aliphatic heterocycles. The Bertz CT molecular complexity index is 804. The van der Waals surface area contributed by atoms with Gasteiger partial charge in [0.1, 0.15) is 6.04 Å². The number of fused-ring (bicyclic) bond motifs is 1. The maximum atomic E-state index is 12.5. The Balaban J connectivity index is 1.54. The molecule has 1 aromatic carbocycles. The van der Waals surface area contributed by atoms with E-state index in [9.17, 15) is 19.5 Å². The second kappa shape index (κ2) is 8.14. The molecule has 3 rings (SSSR count). The molecule has 0 bridgehead atoms. The summed E-state index contributed by atoms with van der Waals surface area (Å²) in [6, 6.07) is 8.52. The summed E-state index contributed by atoms with van der Waals surface area (Å²) in [6.45, 7) is 0.690. The van der Waals surface area contributed by atoms with E-state index in [-0.39, 0.29) is 18.2 Å². The second-order valence-corrected chi connectivity index (χ2v) is 7.00. The minimum Gasteiger partial charge on any atom is -0.480 e. The number of benzene rings is 1. The highest BCUT2D eigenvalue weighted by Crippen LogP contribution is 2.24. The summed E-state index contributed by atoms with van der Waals surface area (Å²) in [5.74, 6) is -1.34. The molecule has 1 atom stereocenters. The molecular weight excluding hydrogens is 352 g/mol. The lowest BCUT2D eigenvalue weighted by atomic mass is 9.93. The quantitative estimate of drug-likeness (QED) is 0.762. The molecule has 0 saturated heterocycles. The molecule has 7 heteroatoms. The first kappa shape index (κ1) is 18.1. The van der Waals surface area contributed by atoms with Crippen LogP contribution in [0.3, 0.4) is 0 Å². The lowest BCUT2D eigenvalue weighted by Crippen LogP contribution is -2.48. The minimum absolute atomic E-state index is 0.158. The highest BCUT2D eigenvalue weighted by molar-refractivity contribution is 7.08. The van der Waals surface area contributed by atoms with Crippen LogP contribution in [0.2, 0.25) is 0 Å². The van der Waals surface area contributed by atoms with Crippen LogP contribution < -0.4 is 5.32 Å². The number of hydrogen-bond donors (Lipinski definition) is 2. The Morgan fingerprint density at radius 3 is 2.65 bits per heavy atom. The summed E-state index contributed by atoms with van der Waals surface area (Å²) in [5, 5.41) is 15.9. The van der Waals surface area contributed by atoms with E-state index in [0.29, 0.717) is 31.5 Å². The molecule has 2 aromatic rings. The summed E-state index contributed by atoms with van der Waals surface area (Å²) in [5.41, 5.74) is 2.58. The van der Waals surface area contributed by atoms with Crippen molar-refractivity contribution in [1.29, 1.82) is 0 Å². The fourth-order valence-electron chi connectivity index (χ4n) is 3.09. The van der Waals surface area contributed by atoms with Crippen LogP contribution in [0, 0.1) is 0 Å². The van der Waals surface area contributed by atoms with Crippen LogP contribution in [0.25, 0.3) is 0 Å². The van der Waals surface area contributed by atoms with E-state index in [1.807, 2.05) is 29.6 Å². The van der Waals surface area contributed by atoms with Gasteiger partial charge in [-0.1, -0.05) is 24.3 Å². The van der Waals surface area contributed by atoms with E-state index in [1.54, 1.807) is 11.4 Å². The van der Waals surface area contributed by atoms with Gasteiger partial charge in [-0.25, -0.2) is 4.79 Å². The predicted octanol–water partition coefficient (Wildman–Crippen LogP) is 2.30. The van der Waals surface area contributed by atoms with E-state index in [1.165, 1.54) is 16.2 Å². The van der Waals surface area contributed by atoms with Gasteiger partial charge in [0.2, 0.25) is 5.91 Å². The van der Waals surface area contributed by atoms with Crippen LogP contribution in [0.5, 0.6) is 0 Å². The second-order valence-electron chi connectivity index (χ2n) is 6.22. The van der Waals surface area contributed by atoms with Gasteiger partial charge in [-0.3, -0.25) is 9.59 Å². The van der Waals surface area contributed by atoms with Crippen LogP contribution in [0.15, 0.2) is 41.1 Å². The molecule has 0 radical (unpaired) electrons. The fourth-order valence-corrected chi connectivity index (χ4v) is 3.72. The van der Waals surface area contributed by atoms with E-state index >= 15 is 0 Å². The largest absolute Gasteiger partial charge is 0.480 e. The Morgan fingerprint density at radius 2 is 1.96 bits per heavy atom. The maximum absolute atomic E-state index is 12.5. The van der Waals surface area contributed by atoms with Crippen molar-refractivity contribution in [2.24, 2.45) is 0 Å². The SMILES string of the molecule is O=C(NCCCC(=O)N1Cc2ccccc2CC1C(=O)O)c1ccsc1. The third-order valence-corrected chi connectivity index (χ3v) is 5.17. The number of carbonyl (C=O) groups excluding carboxylic acids is 2. The van der Waals surface area contributed by atoms with Crippen molar-refractivity contribution in [2.45, 2.75) is 31.8 Å². The molecule has 0 aliphatic carbocycles. The number of thiophene rings is 1. The van der Waals surface area contributed by atoms with Crippen molar-refractivity contribution in [1.82, 2.24) is 10.2 Å². The summed E-state index contributed by atoms with van der Waals surface area (Å²) in [6.07, 6.45) is 1.00. The standard InChI is InChI=1S/C19H20N2O4S/c22-17(6-3-8-20-18(23)15-7-9-26-12-15)21-11-14-5-2-1-4-13(14)10-16(21)19(24)25/h1-2,4-5,7,9,12,16H,3,6,8,10-11H2,(H,20,23)(H,24,25). The molecule has 2 heterocycles. The van der Waals surface area contributed by atoms with E-state index in [2.05, 4.69) is 5.32 Å². The highest BCUT2D eigenvalue weighted by atomic mass is 32.1. The van der Waals surface area contributed by atoms with Crippen molar-refractivity contribution in [3.63, 3.8) is 0 Å². The number of amides is 2. The summed E-state index contributed by atoms with van der Waals surface area (Å²) < 4.78 is 0. The van der Waals surface area contributed by atoms with Crippen LogP contribution in [-0.2, 0) is 22.6 Å². The highest BCUT2D eigenvalue weighted by Gasteiger charge is 2.33. The molecule has 1 aliphatic rings. The van der Waals surface area contributed by atoms with E-state index in [4.69, 9.17) is 0 Å². The van der Waals surface area contributed by atoms with Crippen LogP contribution in [0.1, 0.15) is 34.3 Å². The number of aliphatic carboxylic acids is 1. The Morgan fingerprint density at radius 1 is 1.19 bits per heavy atom. The van der Waals surface area contributed by atoms with Crippen LogP contribution in [-0.4, -0.2) is 40.4 Å². The molecule has 0 saturated carbocycles. The molecule has 0 spiro atoms. The minimum atomic E-state index is -0.987. The molecule has 2 N–H and O–H groups in total. The fraction of sp³-hybridized carbons (Fsp3) is 0.316. The van der Waals surface area contributed by atoms with Crippen molar-refractivity contribution >= 4 is 29.1 Å². The smallest absolute Gasteiger partial charge is 0.326 e. The molecule has 26 heavy (non-hydrogen) atoms. The van der Waals surface area contributed by atoms with Gasteiger partial charge in [0.05, 0.1) is 0 Å². The zero-order chi connectivity index (χ0) is 18.5. The van der Waals surface area contributed by atoms with Gasteiger partial charge in [-0.2, -0.15) is 11.3 Å². The summed E-state index contributed by atoms with van der Waals surface area (Å²) in [4.78, 5) is 37.4. The van der Waals surface area contributed by atoms with Gasteiger partial charge in [-0.05, 0) is 29.0 Å². The van der Waals surface area contributed by atoms with Crippen molar-refractivity contribution in [3.05, 3.63) is 57.8 Å². The van der Waals surface area contributed by atoms with Gasteiger partial charge in [0.25, 0.3) is 5.91 Å². The van der Waals surface area contributed by atoms with Crippen molar-refractivity contribution < 1.29 is 19.5 Å². The molecule has 136 valence electrons. The molecule has 1 aromatic heterocycles. The molecular formula is C19H20N2O4S. The average molecular weight is 372 g/mol. The molecule has 6 nitrogen and oxygen atoms in total. The van der Waals surface area contributed by atoms with Crippen LogP contribution >= 0.6 is 11.3 Å². The number of carboxylic acid groups (broad SMARTS) is 1. The summed E-state index contributed by atoms with van der Waals surface area (Å²) in [7, 11) is 0. The van der Waals surface area contributed by atoms with Gasteiger partial charge >= 0.3 is 5.97 Å². The van der Waals surface area contributed by atoms with Gasteiger partial charge in [0, 0.05) is 36.9 Å². The molecule has 0 fully saturated rings. The number of nitrogens with zero attached hydrogens (tertiary/aromatic N) is 1. The number of carbonyl (C=O) groups is 3. The monoisotopic (exact) mass is 372 g/mol. The average Bonchev–Trinajstić information content (AvgIpc) is 3.18. The van der Waals surface area contributed by atoms with Gasteiger partial charge < -0.3 is 15.3 Å². The molecule has 1 unspecified atom stereocenters. The van der Waals surface area contributed by atoms with Gasteiger partial charge in [-0.15, -0.1) is 0 Å². The van der Waals surface area contributed by atoms with Gasteiger partial charge in [0.15, 0.2) is 0 Å². The van der Waals surface area contributed by atoms with Crippen molar-refractivity contribution in [2.75, 3.05) is 6.54 Å². The number of rotatable bonds is 6. The lowest BCUT2D eigenvalue weighted by molar-refractivity contribution is -0.151. The van der Waals surface area contributed by atoms with Crippen molar-refractivity contribution in [3.8, 4) is 0 Å². The first-order valence-electron chi connectivity index (χ1n) is 8.45. The molecule has 2 amide bonds. The zero-order valence-corrected chi connectivity index (χ0v) is 15.0. The first-order chi connectivity index (χ1) is 12.6. The third kappa shape index (κ3) is 4.11. The lowest BCUT2D eigenvalue weighted by Gasteiger charge is -2.34.